The second-order valence-electron chi connectivity index (χ2n) is 9.15. The molecule has 0 saturated heterocycles. The SMILES string of the molecule is CC(C)Cn1c(SCC(=O)Nc2nnc(C3CCCCC3)s2)nnc1C(C)Oc1ccccc1Cl. The van der Waals surface area contributed by atoms with Crippen molar-refractivity contribution < 1.29 is 9.53 Å². The van der Waals surface area contributed by atoms with Gasteiger partial charge in [0.15, 0.2) is 17.1 Å². The van der Waals surface area contributed by atoms with E-state index >= 15 is 0 Å². The fourth-order valence-electron chi connectivity index (χ4n) is 4.11. The number of benzene rings is 1. The number of nitrogens with zero attached hydrogens (tertiary/aromatic N) is 5. The van der Waals surface area contributed by atoms with Crippen LogP contribution >= 0.6 is 34.7 Å². The summed E-state index contributed by atoms with van der Waals surface area (Å²) >= 11 is 9.09. The van der Waals surface area contributed by atoms with Gasteiger partial charge in [-0.2, -0.15) is 0 Å². The minimum atomic E-state index is -0.357. The molecule has 11 heteroatoms. The van der Waals surface area contributed by atoms with E-state index in [1.54, 1.807) is 6.07 Å². The van der Waals surface area contributed by atoms with E-state index in [1.165, 1.54) is 42.4 Å². The van der Waals surface area contributed by atoms with Crippen LogP contribution in [-0.2, 0) is 11.3 Å². The Morgan fingerprint density at radius 1 is 1.17 bits per heavy atom. The molecule has 8 nitrogen and oxygen atoms in total. The number of thioether (sulfide) groups is 1. The van der Waals surface area contributed by atoms with Crippen LogP contribution in [0.2, 0.25) is 5.02 Å². The van der Waals surface area contributed by atoms with Crippen LogP contribution in [0.3, 0.4) is 0 Å². The number of carbonyl (C=O) groups is 1. The predicted octanol–water partition coefficient (Wildman–Crippen LogP) is 6.36. The molecule has 1 aliphatic carbocycles. The molecule has 1 N–H and O–H groups in total. The van der Waals surface area contributed by atoms with E-state index in [0.717, 1.165) is 17.8 Å². The summed E-state index contributed by atoms with van der Waals surface area (Å²) in [5.41, 5.74) is 0. The van der Waals surface area contributed by atoms with Crippen molar-refractivity contribution in [3.05, 3.63) is 40.1 Å². The molecule has 3 aromatic rings. The standard InChI is InChI=1S/C24H31ClN6O2S2/c1-15(2)13-31-21(16(3)33-19-12-8-7-11-18(19)25)27-30-24(31)34-14-20(32)26-23-29-28-22(35-23)17-9-5-4-6-10-17/h7-8,11-12,15-17H,4-6,9-10,13-14H2,1-3H3,(H,26,29,32). The highest BCUT2D eigenvalue weighted by molar-refractivity contribution is 7.99. The first-order valence-electron chi connectivity index (χ1n) is 12.0. The van der Waals surface area contributed by atoms with Crippen molar-refractivity contribution in [2.24, 2.45) is 5.92 Å². The Balaban J connectivity index is 1.38. The lowest BCUT2D eigenvalue weighted by molar-refractivity contribution is -0.113. The summed E-state index contributed by atoms with van der Waals surface area (Å²) in [6.07, 6.45) is 5.73. The molecule has 35 heavy (non-hydrogen) atoms. The van der Waals surface area contributed by atoms with Gasteiger partial charge in [0.1, 0.15) is 10.8 Å². The van der Waals surface area contributed by atoms with Crippen LogP contribution in [0.25, 0.3) is 0 Å². The van der Waals surface area contributed by atoms with Crippen molar-refractivity contribution in [2.75, 3.05) is 11.1 Å². The molecular weight excluding hydrogens is 504 g/mol. The van der Waals surface area contributed by atoms with Gasteiger partial charge in [-0.05, 0) is 37.8 Å². The summed E-state index contributed by atoms with van der Waals surface area (Å²) in [7, 11) is 0. The summed E-state index contributed by atoms with van der Waals surface area (Å²) in [5.74, 6) is 2.20. The molecule has 0 aliphatic heterocycles. The molecule has 2 heterocycles. The third-order valence-corrected chi connectivity index (χ3v) is 8.05. The number of hydrogen-bond acceptors (Lipinski definition) is 8. The smallest absolute Gasteiger partial charge is 0.236 e. The summed E-state index contributed by atoms with van der Waals surface area (Å²) in [6, 6.07) is 7.36. The van der Waals surface area contributed by atoms with Crippen molar-refractivity contribution in [1.29, 1.82) is 0 Å². The maximum absolute atomic E-state index is 12.6. The molecule has 1 aliphatic rings. The number of anilines is 1. The van der Waals surface area contributed by atoms with Crippen molar-refractivity contribution in [3.63, 3.8) is 0 Å². The first-order valence-corrected chi connectivity index (χ1v) is 14.2. The Hall–Kier alpha value is -2.17. The van der Waals surface area contributed by atoms with Gasteiger partial charge < -0.3 is 9.30 Å². The van der Waals surface area contributed by atoms with Crippen LogP contribution in [-0.4, -0.2) is 36.6 Å². The fraction of sp³-hybridized carbons (Fsp3) is 0.542. The summed E-state index contributed by atoms with van der Waals surface area (Å²) in [5, 5.41) is 22.9. The number of carbonyl (C=O) groups excluding carboxylic acids is 1. The van der Waals surface area contributed by atoms with Crippen LogP contribution in [0.15, 0.2) is 29.4 Å². The van der Waals surface area contributed by atoms with Gasteiger partial charge >= 0.3 is 0 Å². The normalized spacial score (nSPS) is 15.3. The van der Waals surface area contributed by atoms with Crippen LogP contribution in [0.1, 0.15) is 75.7 Å². The zero-order valence-corrected chi connectivity index (χ0v) is 22.6. The minimum absolute atomic E-state index is 0.137. The predicted molar refractivity (Wildman–Crippen MR) is 140 cm³/mol. The monoisotopic (exact) mass is 534 g/mol. The minimum Gasteiger partial charge on any atom is -0.481 e. The third kappa shape index (κ3) is 6.95. The first kappa shape index (κ1) is 25.9. The molecule has 0 spiro atoms. The van der Waals surface area contributed by atoms with Crippen LogP contribution < -0.4 is 10.1 Å². The quantitative estimate of drug-likeness (QED) is 0.302. The van der Waals surface area contributed by atoms with Gasteiger partial charge in [0, 0.05) is 12.5 Å². The Bertz CT molecular complexity index is 1130. The van der Waals surface area contributed by atoms with Gasteiger partial charge in [0.2, 0.25) is 11.0 Å². The molecule has 4 rings (SSSR count). The number of halogens is 1. The second kappa shape index (κ2) is 12.2. The Labute approximate surface area is 219 Å². The Morgan fingerprint density at radius 2 is 1.94 bits per heavy atom. The van der Waals surface area contributed by atoms with Crippen molar-refractivity contribution >= 4 is 45.7 Å². The number of nitrogens with one attached hydrogen (secondary N) is 1. The highest BCUT2D eigenvalue weighted by atomic mass is 35.5. The highest BCUT2D eigenvalue weighted by Crippen LogP contribution is 2.35. The first-order chi connectivity index (χ1) is 16.9. The van der Waals surface area contributed by atoms with E-state index in [2.05, 4.69) is 39.6 Å². The number of amides is 1. The summed E-state index contributed by atoms with van der Waals surface area (Å²) in [4.78, 5) is 12.6. The molecule has 188 valence electrons. The van der Waals surface area contributed by atoms with E-state index in [4.69, 9.17) is 16.3 Å². The summed E-state index contributed by atoms with van der Waals surface area (Å²) in [6.45, 7) is 6.89. The van der Waals surface area contributed by atoms with E-state index in [9.17, 15) is 4.79 Å². The van der Waals surface area contributed by atoms with Crippen LogP contribution in [0.4, 0.5) is 5.13 Å². The van der Waals surface area contributed by atoms with Gasteiger partial charge in [0.25, 0.3) is 0 Å². The van der Waals surface area contributed by atoms with Crippen LogP contribution in [0.5, 0.6) is 5.75 Å². The average molecular weight is 535 g/mol. The summed E-state index contributed by atoms with van der Waals surface area (Å²) < 4.78 is 8.09. The van der Waals surface area contributed by atoms with E-state index < -0.39 is 0 Å². The number of aromatic nitrogens is 5. The molecule has 1 amide bonds. The lowest BCUT2D eigenvalue weighted by Gasteiger charge is -2.18. The maximum Gasteiger partial charge on any atom is 0.236 e. The van der Waals surface area contributed by atoms with Gasteiger partial charge in [-0.3, -0.25) is 10.1 Å². The van der Waals surface area contributed by atoms with Crippen molar-refractivity contribution in [2.45, 2.75) is 76.6 Å². The van der Waals surface area contributed by atoms with Crippen molar-refractivity contribution in [1.82, 2.24) is 25.0 Å². The lowest BCUT2D eigenvalue weighted by Crippen LogP contribution is -2.17. The van der Waals surface area contributed by atoms with E-state index in [1.807, 2.05) is 29.7 Å². The van der Waals surface area contributed by atoms with Crippen LogP contribution in [0, 0.1) is 5.92 Å². The van der Waals surface area contributed by atoms with Gasteiger partial charge in [0.05, 0.1) is 10.8 Å². The molecule has 0 bridgehead atoms. The third-order valence-electron chi connectivity index (χ3n) is 5.77. The Kier molecular flexibility index (Phi) is 9.02. The number of hydrogen-bond donors (Lipinski definition) is 1. The fourth-order valence-corrected chi connectivity index (χ4v) is 5.98. The Morgan fingerprint density at radius 3 is 2.69 bits per heavy atom. The molecule has 1 atom stereocenters. The largest absolute Gasteiger partial charge is 0.481 e. The maximum atomic E-state index is 12.6. The molecule has 2 aromatic heterocycles. The zero-order valence-electron chi connectivity index (χ0n) is 20.2. The van der Waals surface area contributed by atoms with Crippen molar-refractivity contribution in [3.8, 4) is 5.75 Å². The zero-order chi connectivity index (χ0) is 24.8. The molecule has 1 saturated carbocycles. The molecule has 1 fully saturated rings. The number of rotatable bonds is 10. The highest BCUT2D eigenvalue weighted by Gasteiger charge is 2.23. The molecular formula is C24H31ClN6O2S2. The van der Waals surface area contributed by atoms with Gasteiger partial charge in [-0.1, -0.05) is 79.9 Å². The molecule has 0 radical (unpaired) electrons. The molecule has 1 unspecified atom stereocenters. The number of ether oxygens (including phenoxy) is 1. The van der Waals surface area contributed by atoms with E-state index in [0.29, 0.717) is 45.3 Å². The second-order valence-corrected chi connectivity index (χ2v) is 11.5. The van der Waals surface area contributed by atoms with Gasteiger partial charge in [-0.15, -0.1) is 20.4 Å². The average Bonchev–Trinajstić information content (AvgIpc) is 3.46. The van der Waals surface area contributed by atoms with E-state index in [-0.39, 0.29) is 17.8 Å². The van der Waals surface area contributed by atoms with Gasteiger partial charge in [-0.25, -0.2) is 0 Å². The molecule has 1 aromatic carbocycles. The lowest BCUT2D eigenvalue weighted by atomic mass is 9.90. The topological polar surface area (TPSA) is 94.8 Å². The number of para-hydroxylation sites is 1.